The van der Waals surface area contributed by atoms with Gasteiger partial charge in [-0.2, -0.15) is 0 Å². The summed E-state index contributed by atoms with van der Waals surface area (Å²) in [4.78, 5) is 0. The van der Waals surface area contributed by atoms with Crippen molar-refractivity contribution in [3.8, 4) is 11.1 Å². The van der Waals surface area contributed by atoms with Gasteiger partial charge in [0.05, 0.1) is 14.1 Å². The first-order valence-electron chi connectivity index (χ1n) is 8.31. The molecule has 0 spiro atoms. The van der Waals surface area contributed by atoms with Gasteiger partial charge in [-0.3, -0.25) is 4.48 Å². The molecular weight excluding hydrogens is 278 g/mol. The molecule has 1 aliphatic heterocycles. The Morgan fingerprint density at radius 2 is 1.30 bits per heavy atom. The van der Waals surface area contributed by atoms with Gasteiger partial charge in [0.1, 0.15) is 11.4 Å². The van der Waals surface area contributed by atoms with Crippen LogP contribution >= 0.6 is 0 Å². The second kappa shape index (κ2) is 4.46. The van der Waals surface area contributed by atoms with Crippen LogP contribution < -0.4 is 4.48 Å². The number of fused-ring (bicyclic) bond motifs is 4. The van der Waals surface area contributed by atoms with Crippen molar-refractivity contribution in [2.45, 2.75) is 26.2 Å². The van der Waals surface area contributed by atoms with Gasteiger partial charge < -0.3 is 0 Å². The first-order chi connectivity index (χ1) is 10.8. The first-order valence-corrected chi connectivity index (χ1v) is 8.31. The van der Waals surface area contributed by atoms with E-state index in [4.69, 9.17) is 0 Å². The lowest BCUT2D eigenvalue weighted by atomic mass is 9.86. The Morgan fingerprint density at radius 3 is 1.96 bits per heavy atom. The Morgan fingerprint density at radius 1 is 0.696 bits per heavy atom. The van der Waals surface area contributed by atoms with Gasteiger partial charge in [0.2, 0.25) is 0 Å². The third kappa shape index (κ3) is 2.04. The molecule has 0 aromatic heterocycles. The topological polar surface area (TPSA) is 0 Å². The minimum absolute atomic E-state index is 0.175. The third-order valence-electron chi connectivity index (χ3n) is 5.22. The summed E-state index contributed by atoms with van der Waals surface area (Å²) in [6.07, 6.45) is 0. The molecule has 0 saturated heterocycles. The Bertz CT molecular complexity index is 926. The van der Waals surface area contributed by atoms with Crippen molar-refractivity contribution in [3.63, 3.8) is 0 Å². The molecule has 0 unspecified atom stereocenters. The number of hydrogen-bond acceptors (Lipinski definition) is 0. The summed E-state index contributed by atoms with van der Waals surface area (Å²) in [5.41, 5.74) is 7.13. The molecule has 0 atom stereocenters. The average molecular weight is 302 g/mol. The van der Waals surface area contributed by atoms with Crippen LogP contribution in [0.4, 0.5) is 11.4 Å². The fourth-order valence-corrected chi connectivity index (χ4v) is 3.72. The van der Waals surface area contributed by atoms with Crippen LogP contribution in [0.3, 0.4) is 0 Å². The molecule has 0 aliphatic carbocycles. The lowest BCUT2D eigenvalue weighted by Gasteiger charge is -2.27. The first kappa shape index (κ1) is 14.5. The van der Waals surface area contributed by atoms with Crippen LogP contribution in [0.2, 0.25) is 0 Å². The standard InChI is InChI=1S/C22H24N/c1-22(2,3)17-10-11-18-19-12-15-8-6-7-9-16(15)13-20(19)23(4,5)21(18)14-17/h6-14H,1-5H3/q+1. The third-order valence-corrected chi connectivity index (χ3v) is 5.22. The second-order valence-electron chi connectivity index (χ2n) is 8.15. The van der Waals surface area contributed by atoms with Gasteiger partial charge in [0, 0.05) is 23.3 Å². The van der Waals surface area contributed by atoms with Gasteiger partial charge in [-0.05, 0) is 33.9 Å². The summed E-state index contributed by atoms with van der Waals surface area (Å²) in [5, 5.41) is 2.64. The smallest absolute Gasteiger partial charge is 0.146 e. The lowest BCUT2D eigenvalue weighted by Crippen LogP contribution is -2.32. The molecule has 0 amide bonds. The number of nitrogens with zero attached hydrogens (tertiary/aromatic N) is 1. The molecular formula is C22H24N+. The van der Waals surface area contributed by atoms with E-state index in [1.165, 1.54) is 38.8 Å². The van der Waals surface area contributed by atoms with E-state index in [2.05, 4.69) is 89.5 Å². The fraction of sp³-hybridized carbons (Fsp3) is 0.273. The molecule has 3 aromatic carbocycles. The van der Waals surface area contributed by atoms with Crippen molar-refractivity contribution in [3.05, 3.63) is 60.2 Å². The number of hydrogen-bond donors (Lipinski definition) is 0. The van der Waals surface area contributed by atoms with E-state index in [9.17, 15) is 0 Å². The van der Waals surface area contributed by atoms with Crippen molar-refractivity contribution in [2.24, 2.45) is 0 Å². The molecule has 0 radical (unpaired) electrons. The van der Waals surface area contributed by atoms with Crippen LogP contribution in [0.5, 0.6) is 0 Å². The van der Waals surface area contributed by atoms with Gasteiger partial charge in [-0.15, -0.1) is 0 Å². The van der Waals surface area contributed by atoms with E-state index in [-0.39, 0.29) is 5.41 Å². The molecule has 1 heterocycles. The molecule has 1 nitrogen and oxygen atoms in total. The van der Waals surface area contributed by atoms with Crippen molar-refractivity contribution < 1.29 is 0 Å². The van der Waals surface area contributed by atoms with E-state index in [0.717, 1.165) is 4.48 Å². The fourth-order valence-electron chi connectivity index (χ4n) is 3.72. The van der Waals surface area contributed by atoms with Gasteiger partial charge in [-0.1, -0.05) is 51.1 Å². The molecule has 23 heavy (non-hydrogen) atoms. The minimum atomic E-state index is 0.175. The Hall–Kier alpha value is -2.12. The molecule has 0 saturated carbocycles. The Balaban J connectivity index is 2.02. The zero-order valence-electron chi connectivity index (χ0n) is 14.6. The summed E-state index contributed by atoms with van der Waals surface area (Å²) in [6, 6.07) is 20.4. The van der Waals surface area contributed by atoms with E-state index in [0.29, 0.717) is 0 Å². The number of rotatable bonds is 0. The molecule has 4 rings (SSSR count). The highest BCUT2D eigenvalue weighted by atomic mass is 15.3. The van der Waals surface area contributed by atoms with Crippen LogP contribution in [-0.4, -0.2) is 14.1 Å². The SMILES string of the molecule is CC(C)(C)c1ccc2c(c1)[N+](C)(C)c1cc3ccccc3cc1-2. The van der Waals surface area contributed by atoms with E-state index in [1.54, 1.807) is 0 Å². The normalized spacial score (nSPS) is 15.5. The molecule has 1 heteroatoms. The number of benzene rings is 3. The summed E-state index contributed by atoms with van der Waals surface area (Å²) in [6.45, 7) is 6.85. The molecule has 3 aromatic rings. The zero-order chi connectivity index (χ0) is 16.4. The van der Waals surface area contributed by atoms with Gasteiger partial charge in [0.15, 0.2) is 0 Å². The molecule has 0 N–H and O–H groups in total. The summed E-state index contributed by atoms with van der Waals surface area (Å²) in [5.74, 6) is 0. The van der Waals surface area contributed by atoms with Gasteiger partial charge in [-0.25, -0.2) is 0 Å². The van der Waals surface area contributed by atoms with Crippen LogP contribution in [0.25, 0.3) is 21.9 Å². The van der Waals surface area contributed by atoms with Crippen molar-refractivity contribution in [1.29, 1.82) is 0 Å². The molecule has 1 aliphatic rings. The number of quaternary nitrogens is 1. The highest BCUT2D eigenvalue weighted by Crippen LogP contribution is 2.52. The van der Waals surface area contributed by atoms with E-state index >= 15 is 0 Å². The van der Waals surface area contributed by atoms with Crippen LogP contribution in [-0.2, 0) is 5.41 Å². The van der Waals surface area contributed by atoms with Crippen molar-refractivity contribution >= 4 is 22.1 Å². The van der Waals surface area contributed by atoms with Gasteiger partial charge >= 0.3 is 0 Å². The predicted molar refractivity (Wildman–Crippen MR) is 101 cm³/mol. The molecule has 0 bridgehead atoms. The van der Waals surface area contributed by atoms with Crippen molar-refractivity contribution in [1.82, 2.24) is 4.48 Å². The molecule has 116 valence electrons. The minimum Gasteiger partial charge on any atom is -0.263 e. The maximum atomic E-state index is 2.40. The second-order valence-corrected chi connectivity index (χ2v) is 8.15. The lowest BCUT2D eigenvalue weighted by molar-refractivity contribution is 0.559. The highest BCUT2D eigenvalue weighted by molar-refractivity contribution is 6.01. The van der Waals surface area contributed by atoms with Crippen LogP contribution in [0, 0.1) is 0 Å². The largest absolute Gasteiger partial charge is 0.263 e. The van der Waals surface area contributed by atoms with Crippen LogP contribution in [0.15, 0.2) is 54.6 Å². The van der Waals surface area contributed by atoms with E-state index < -0.39 is 0 Å². The summed E-state index contributed by atoms with van der Waals surface area (Å²) >= 11 is 0. The monoisotopic (exact) mass is 302 g/mol. The summed E-state index contributed by atoms with van der Waals surface area (Å²) < 4.78 is 0.819. The average Bonchev–Trinajstić information content (AvgIpc) is 2.72. The zero-order valence-corrected chi connectivity index (χ0v) is 14.6. The Kier molecular flexibility index (Phi) is 2.80. The van der Waals surface area contributed by atoms with Crippen molar-refractivity contribution in [2.75, 3.05) is 14.1 Å². The predicted octanol–water partition coefficient (Wildman–Crippen LogP) is 6.02. The highest BCUT2D eigenvalue weighted by Gasteiger charge is 2.38. The van der Waals surface area contributed by atoms with Gasteiger partial charge in [0.25, 0.3) is 0 Å². The Labute approximate surface area is 138 Å². The quantitative estimate of drug-likeness (QED) is 0.446. The summed E-state index contributed by atoms with van der Waals surface area (Å²) in [7, 11) is 4.60. The maximum absolute atomic E-state index is 2.40. The maximum Gasteiger partial charge on any atom is 0.146 e. The molecule has 0 fully saturated rings. The van der Waals surface area contributed by atoms with E-state index in [1.807, 2.05) is 0 Å². The van der Waals surface area contributed by atoms with Crippen LogP contribution in [0.1, 0.15) is 26.3 Å².